The number of aliphatic hydroxyl groups is 2. The van der Waals surface area contributed by atoms with Crippen LogP contribution in [0, 0.1) is 5.92 Å². The average molecular weight is 658 g/mol. The number of anilines is 2. The van der Waals surface area contributed by atoms with E-state index in [2.05, 4.69) is 0 Å². The number of carbonyl (C=O) groups is 4. The van der Waals surface area contributed by atoms with Gasteiger partial charge in [-0.25, -0.2) is 0 Å². The molecule has 0 bridgehead atoms. The summed E-state index contributed by atoms with van der Waals surface area (Å²) in [6.45, 7) is 3.36. The lowest BCUT2D eigenvalue weighted by Gasteiger charge is -2.39. The number of hydrogen-bond donors (Lipinski definition) is 2. The van der Waals surface area contributed by atoms with Crippen molar-refractivity contribution in [3.8, 4) is 0 Å². The highest BCUT2D eigenvalue weighted by molar-refractivity contribution is 6.31. The maximum Gasteiger partial charge on any atom is 0.304 e. The molecule has 0 aliphatic carbocycles. The first-order valence-electron chi connectivity index (χ1n) is 15.6. The van der Waals surface area contributed by atoms with Crippen LogP contribution in [0.3, 0.4) is 0 Å². The van der Waals surface area contributed by atoms with Crippen molar-refractivity contribution in [3.05, 3.63) is 106 Å². The van der Waals surface area contributed by atoms with Crippen molar-refractivity contribution in [2.75, 3.05) is 16.4 Å². The number of amides is 3. The molecular weight excluding hydrogens is 622 g/mol. The minimum atomic E-state index is -1.96. The second-order valence-corrected chi connectivity index (χ2v) is 12.7. The fourth-order valence-corrected chi connectivity index (χ4v) is 6.89. The Kier molecular flexibility index (Phi) is 8.93. The first kappa shape index (κ1) is 32.4. The molecule has 3 aliphatic heterocycles. The van der Waals surface area contributed by atoms with Gasteiger partial charge in [0.15, 0.2) is 11.8 Å². The summed E-state index contributed by atoms with van der Waals surface area (Å²) in [5.74, 6) is -2.10. The van der Waals surface area contributed by atoms with Crippen molar-refractivity contribution in [2.45, 2.75) is 64.1 Å². The number of esters is 1. The third kappa shape index (κ3) is 6.04. The number of β-lactam (4-membered cyclic amide) rings is 1. The van der Waals surface area contributed by atoms with Crippen LogP contribution in [0.5, 0.6) is 0 Å². The zero-order chi connectivity index (χ0) is 33.5. The SMILES string of the molecule is CC(=O)OC1CC(=O)N1c1cccc(CN2C(=O)[C@@](O)([C@@H](C)/C=C/CC(=O)N3Cc4ccccc4C[C@H]3CO)c3cc(Cl)ccc32)c1. The Hall–Kier alpha value is -4.51. The predicted octanol–water partition coefficient (Wildman–Crippen LogP) is 4.23. The Labute approximate surface area is 277 Å². The topological polar surface area (TPSA) is 128 Å². The van der Waals surface area contributed by atoms with Crippen molar-refractivity contribution in [1.29, 1.82) is 0 Å². The summed E-state index contributed by atoms with van der Waals surface area (Å²) in [4.78, 5) is 55.8. The van der Waals surface area contributed by atoms with Crippen LogP contribution in [0.4, 0.5) is 11.4 Å². The van der Waals surface area contributed by atoms with E-state index >= 15 is 0 Å². The van der Waals surface area contributed by atoms with Gasteiger partial charge in [-0.2, -0.15) is 0 Å². The molecule has 1 saturated heterocycles. The van der Waals surface area contributed by atoms with Gasteiger partial charge in [0.05, 0.1) is 31.3 Å². The zero-order valence-corrected chi connectivity index (χ0v) is 26.9. The number of rotatable bonds is 9. The number of hydrogen-bond acceptors (Lipinski definition) is 7. The fraction of sp³-hybridized carbons (Fsp3) is 0.333. The number of benzene rings is 3. The summed E-state index contributed by atoms with van der Waals surface area (Å²) >= 11 is 6.34. The molecule has 6 rings (SSSR count). The van der Waals surface area contributed by atoms with E-state index in [1.807, 2.05) is 30.3 Å². The van der Waals surface area contributed by atoms with E-state index in [9.17, 15) is 29.4 Å². The van der Waals surface area contributed by atoms with Gasteiger partial charge in [-0.1, -0.05) is 67.1 Å². The van der Waals surface area contributed by atoms with Gasteiger partial charge in [0.1, 0.15) is 0 Å². The molecule has 47 heavy (non-hydrogen) atoms. The first-order valence-corrected chi connectivity index (χ1v) is 16.0. The third-order valence-electron chi connectivity index (χ3n) is 9.23. The molecule has 3 heterocycles. The lowest BCUT2D eigenvalue weighted by atomic mass is 9.83. The molecule has 3 amide bonds. The molecule has 0 aromatic heterocycles. The fourth-order valence-electron chi connectivity index (χ4n) is 6.72. The van der Waals surface area contributed by atoms with Gasteiger partial charge < -0.3 is 24.7 Å². The van der Waals surface area contributed by atoms with Gasteiger partial charge in [0.2, 0.25) is 11.8 Å². The third-order valence-corrected chi connectivity index (χ3v) is 9.47. The van der Waals surface area contributed by atoms with E-state index in [1.165, 1.54) is 16.7 Å². The van der Waals surface area contributed by atoms with Crippen LogP contribution < -0.4 is 9.80 Å². The summed E-state index contributed by atoms with van der Waals surface area (Å²) in [6.07, 6.45) is 3.35. The van der Waals surface area contributed by atoms with Crippen LogP contribution in [0.2, 0.25) is 5.02 Å². The molecule has 3 aromatic rings. The number of fused-ring (bicyclic) bond motifs is 2. The minimum absolute atomic E-state index is 0.0374. The summed E-state index contributed by atoms with van der Waals surface area (Å²) < 4.78 is 5.25. The van der Waals surface area contributed by atoms with Crippen LogP contribution in [0.1, 0.15) is 48.9 Å². The summed E-state index contributed by atoms with van der Waals surface area (Å²) in [5, 5.41) is 22.4. The lowest BCUT2D eigenvalue weighted by Crippen LogP contribution is -2.54. The Morgan fingerprint density at radius 3 is 2.55 bits per heavy atom. The van der Waals surface area contributed by atoms with E-state index < -0.39 is 29.6 Å². The molecule has 0 spiro atoms. The average Bonchev–Trinajstić information content (AvgIpc) is 3.25. The molecule has 3 aromatic carbocycles. The summed E-state index contributed by atoms with van der Waals surface area (Å²) in [7, 11) is 0. The van der Waals surface area contributed by atoms with Crippen LogP contribution >= 0.6 is 11.6 Å². The summed E-state index contributed by atoms with van der Waals surface area (Å²) in [5.41, 5.74) is 2.30. The normalized spacial score (nSPS) is 22.6. The minimum Gasteiger partial charge on any atom is -0.441 e. The predicted molar refractivity (Wildman–Crippen MR) is 175 cm³/mol. The monoisotopic (exact) mass is 657 g/mol. The molecule has 2 N–H and O–H groups in total. The molecule has 4 atom stereocenters. The highest BCUT2D eigenvalue weighted by Gasteiger charge is 2.52. The Balaban J connectivity index is 1.20. The second-order valence-electron chi connectivity index (χ2n) is 12.3. The molecule has 0 radical (unpaired) electrons. The Morgan fingerprint density at radius 1 is 1.06 bits per heavy atom. The number of aliphatic hydroxyl groups excluding tert-OH is 1. The maximum atomic E-state index is 14.1. The molecule has 11 heteroatoms. The van der Waals surface area contributed by atoms with Crippen LogP contribution in [0.25, 0.3) is 0 Å². The van der Waals surface area contributed by atoms with E-state index in [1.54, 1.807) is 60.4 Å². The second kappa shape index (κ2) is 12.9. The van der Waals surface area contributed by atoms with Crippen molar-refractivity contribution in [2.24, 2.45) is 5.92 Å². The first-order chi connectivity index (χ1) is 22.5. The number of carbonyl (C=O) groups excluding carboxylic acids is 4. The van der Waals surface area contributed by atoms with Gasteiger partial charge in [0, 0.05) is 42.1 Å². The molecular formula is C36H36ClN3O7. The highest BCUT2D eigenvalue weighted by Crippen LogP contribution is 2.47. The van der Waals surface area contributed by atoms with Gasteiger partial charge >= 0.3 is 5.97 Å². The highest BCUT2D eigenvalue weighted by atomic mass is 35.5. The molecule has 1 unspecified atom stereocenters. The smallest absolute Gasteiger partial charge is 0.304 e. The van der Waals surface area contributed by atoms with Crippen molar-refractivity contribution < 1.29 is 34.1 Å². The van der Waals surface area contributed by atoms with E-state index in [-0.39, 0.29) is 43.8 Å². The Bertz CT molecular complexity index is 1780. The van der Waals surface area contributed by atoms with Crippen LogP contribution in [-0.4, -0.2) is 57.7 Å². The number of halogens is 1. The van der Waals surface area contributed by atoms with E-state index in [0.717, 1.165) is 11.1 Å². The maximum absolute atomic E-state index is 14.1. The van der Waals surface area contributed by atoms with Gasteiger partial charge in [-0.05, 0) is 53.4 Å². The molecule has 1 fully saturated rings. The van der Waals surface area contributed by atoms with Gasteiger partial charge in [0.25, 0.3) is 5.91 Å². The Morgan fingerprint density at radius 2 is 1.83 bits per heavy atom. The van der Waals surface area contributed by atoms with Crippen molar-refractivity contribution >= 4 is 46.7 Å². The van der Waals surface area contributed by atoms with Gasteiger partial charge in [-0.3, -0.25) is 24.1 Å². The molecule has 10 nitrogen and oxygen atoms in total. The van der Waals surface area contributed by atoms with Crippen LogP contribution in [-0.2, 0) is 49.0 Å². The number of ether oxygens (including phenoxy) is 1. The zero-order valence-electron chi connectivity index (χ0n) is 26.1. The number of nitrogens with zero attached hydrogens (tertiary/aromatic N) is 3. The summed E-state index contributed by atoms with van der Waals surface area (Å²) in [6, 6.07) is 19.5. The molecule has 244 valence electrons. The molecule has 0 saturated carbocycles. The largest absolute Gasteiger partial charge is 0.441 e. The van der Waals surface area contributed by atoms with Gasteiger partial charge in [-0.15, -0.1) is 0 Å². The van der Waals surface area contributed by atoms with Crippen molar-refractivity contribution in [3.63, 3.8) is 0 Å². The standard InChI is InChI=1S/C36H36ClN3O7/c1-22(7-5-12-32(43)38-20-26-10-4-3-9-25(26)16-29(38)21-41)36(46)30-17-27(37)13-14-31(30)39(35(36)45)19-24-8-6-11-28(15-24)40-33(44)18-34(40)47-23(2)42/h3-11,13-15,17,22,29,34,41,46H,12,16,18-21H2,1-2H3/b7-5+/t22-,29-,34?,36+/m0/s1. The molecule has 3 aliphatic rings. The van der Waals surface area contributed by atoms with E-state index in [0.29, 0.717) is 40.5 Å². The van der Waals surface area contributed by atoms with Crippen LogP contribution in [0.15, 0.2) is 78.9 Å². The van der Waals surface area contributed by atoms with Crippen molar-refractivity contribution in [1.82, 2.24) is 4.90 Å². The lowest BCUT2D eigenvalue weighted by molar-refractivity contribution is -0.154. The van der Waals surface area contributed by atoms with E-state index in [4.69, 9.17) is 16.3 Å². The quantitative estimate of drug-likeness (QED) is 0.200.